The fourth-order valence-corrected chi connectivity index (χ4v) is 1.82. The predicted octanol–water partition coefficient (Wildman–Crippen LogP) is 2.93. The summed E-state index contributed by atoms with van der Waals surface area (Å²) in [6, 6.07) is 4.85. The van der Waals surface area contributed by atoms with E-state index in [0.717, 1.165) is 0 Å². The molecule has 0 saturated carbocycles. The molecule has 5 nitrogen and oxygen atoms in total. The third-order valence-electron chi connectivity index (χ3n) is 2.37. The van der Waals surface area contributed by atoms with Gasteiger partial charge in [-0.1, -0.05) is 15.9 Å². The van der Waals surface area contributed by atoms with Crippen LogP contribution in [0.25, 0.3) is 0 Å². The highest BCUT2D eigenvalue weighted by Gasteiger charge is 2.22. The van der Waals surface area contributed by atoms with Crippen LogP contribution in [0.5, 0.6) is 0 Å². The van der Waals surface area contributed by atoms with E-state index in [9.17, 15) is 10.1 Å². The molecule has 0 fully saturated rings. The van der Waals surface area contributed by atoms with Crippen molar-refractivity contribution in [3.63, 3.8) is 0 Å². The standard InChI is InChI=1S/C11H15BrN2O3/c1-11(2,5-6-15)13-9-4-3-8(12)7-10(9)14(16)17/h3-4,7,13,15H,5-6H2,1-2H3. The van der Waals surface area contributed by atoms with Gasteiger partial charge in [-0.2, -0.15) is 0 Å². The Morgan fingerprint density at radius 3 is 2.71 bits per heavy atom. The molecule has 17 heavy (non-hydrogen) atoms. The summed E-state index contributed by atoms with van der Waals surface area (Å²) in [7, 11) is 0. The molecular weight excluding hydrogens is 288 g/mol. The van der Waals surface area contributed by atoms with E-state index in [2.05, 4.69) is 21.2 Å². The van der Waals surface area contributed by atoms with Gasteiger partial charge in [0.15, 0.2) is 0 Å². The van der Waals surface area contributed by atoms with Gasteiger partial charge in [0, 0.05) is 22.7 Å². The Morgan fingerprint density at radius 2 is 2.18 bits per heavy atom. The molecule has 0 aliphatic rings. The topological polar surface area (TPSA) is 75.4 Å². The molecule has 0 unspecified atom stereocenters. The number of anilines is 1. The van der Waals surface area contributed by atoms with Crippen molar-refractivity contribution in [1.82, 2.24) is 0 Å². The molecule has 0 bridgehead atoms. The van der Waals surface area contributed by atoms with E-state index in [4.69, 9.17) is 5.11 Å². The van der Waals surface area contributed by atoms with Crippen molar-refractivity contribution in [2.45, 2.75) is 25.8 Å². The molecule has 0 heterocycles. The van der Waals surface area contributed by atoms with E-state index in [-0.39, 0.29) is 12.3 Å². The molecule has 0 aliphatic carbocycles. The number of nitrogens with one attached hydrogen (secondary N) is 1. The lowest BCUT2D eigenvalue weighted by Crippen LogP contribution is -2.32. The second-order valence-electron chi connectivity index (χ2n) is 4.40. The zero-order valence-corrected chi connectivity index (χ0v) is 11.3. The van der Waals surface area contributed by atoms with Crippen LogP contribution in [-0.2, 0) is 0 Å². The highest BCUT2D eigenvalue weighted by atomic mass is 79.9. The average Bonchev–Trinajstić information content (AvgIpc) is 2.20. The second kappa shape index (κ2) is 5.46. The lowest BCUT2D eigenvalue weighted by molar-refractivity contribution is -0.384. The summed E-state index contributed by atoms with van der Waals surface area (Å²) in [4.78, 5) is 10.5. The van der Waals surface area contributed by atoms with Crippen LogP contribution in [0.2, 0.25) is 0 Å². The van der Waals surface area contributed by atoms with Gasteiger partial charge in [0.25, 0.3) is 5.69 Å². The maximum Gasteiger partial charge on any atom is 0.293 e. The van der Waals surface area contributed by atoms with Crippen LogP contribution in [-0.4, -0.2) is 22.2 Å². The van der Waals surface area contributed by atoms with E-state index < -0.39 is 10.5 Å². The first-order valence-electron chi connectivity index (χ1n) is 5.19. The van der Waals surface area contributed by atoms with E-state index in [0.29, 0.717) is 16.6 Å². The third kappa shape index (κ3) is 3.98. The molecule has 1 aromatic rings. The van der Waals surface area contributed by atoms with Gasteiger partial charge < -0.3 is 10.4 Å². The minimum atomic E-state index is -0.428. The molecule has 0 radical (unpaired) electrons. The van der Waals surface area contributed by atoms with Crippen LogP contribution in [0, 0.1) is 10.1 Å². The Hall–Kier alpha value is -1.14. The van der Waals surface area contributed by atoms with Crippen molar-refractivity contribution >= 4 is 27.3 Å². The molecule has 0 aliphatic heterocycles. The highest BCUT2D eigenvalue weighted by Crippen LogP contribution is 2.30. The summed E-state index contributed by atoms with van der Waals surface area (Å²) in [5.41, 5.74) is 0.0786. The van der Waals surface area contributed by atoms with Gasteiger partial charge in [0.2, 0.25) is 0 Å². The van der Waals surface area contributed by atoms with Crippen LogP contribution >= 0.6 is 15.9 Å². The van der Waals surface area contributed by atoms with E-state index in [1.54, 1.807) is 12.1 Å². The van der Waals surface area contributed by atoms with Crippen molar-refractivity contribution in [2.75, 3.05) is 11.9 Å². The van der Waals surface area contributed by atoms with Gasteiger partial charge in [-0.15, -0.1) is 0 Å². The number of aliphatic hydroxyl groups is 1. The summed E-state index contributed by atoms with van der Waals surface area (Å²) in [5.74, 6) is 0. The van der Waals surface area contributed by atoms with E-state index in [1.165, 1.54) is 6.07 Å². The lowest BCUT2D eigenvalue weighted by Gasteiger charge is -2.26. The van der Waals surface area contributed by atoms with Gasteiger partial charge in [0.1, 0.15) is 5.69 Å². The normalized spacial score (nSPS) is 11.3. The van der Waals surface area contributed by atoms with E-state index >= 15 is 0 Å². The van der Waals surface area contributed by atoms with Crippen molar-refractivity contribution in [3.8, 4) is 0 Å². The molecule has 2 N–H and O–H groups in total. The molecule has 0 atom stereocenters. The summed E-state index contributed by atoms with van der Waals surface area (Å²) >= 11 is 3.20. The maximum absolute atomic E-state index is 10.9. The van der Waals surface area contributed by atoms with Gasteiger partial charge >= 0.3 is 0 Å². The molecule has 94 valence electrons. The Morgan fingerprint density at radius 1 is 1.53 bits per heavy atom. The first kappa shape index (κ1) is 13.9. The highest BCUT2D eigenvalue weighted by molar-refractivity contribution is 9.10. The average molecular weight is 303 g/mol. The quantitative estimate of drug-likeness (QED) is 0.648. The number of nitro benzene ring substituents is 1. The molecule has 0 amide bonds. The fraction of sp³-hybridized carbons (Fsp3) is 0.455. The number of aliphatic hydroxyl groups excluding tert-OH is 1. The molecule has 0 aromatic heterocycles. The van der Waals surface area contributed by atoms with Gasteiger partial charge in [0.05, 0.1) is 4.92 Å². The third-order valence-corrected chi connectivity index (χ3v) is 2.86. The number of nitrogens with zero attached hydrogens (tertiary/aromatic N) is 1. The smallest absolute Gasteiger partial charge is 0.293 e. The van der Waals surface area contributed by atoms with Gasteiger partial charge in [-0.3, -0.25) is 10.1 Å². The second-order valence-corrected chi connectivity index (χ2v) is 5.32. The van der Waals surface area contributed by atoms with Crippen LogP contribution in [0.15, 0.2) is 22.7 Å². The molecule has 0 saturated heterocycles. The minimum Gasteiger partial charge on any atom is -0.396 e. The van der Waals surface area contributed by atoms with E-state index in [1.807, 2.05) is 13.8 Å². The number of rotatable bonds is 5. The number of nitro groups is 1. The van der Waals surface area contributed by atoms with Crippen LogP contribution < -0.4 is 5.32 Å². The Balaban J connectivity index is 3.02. The van der Waals surface area contributed by atoms with Crippen molar-refractivity contribution < 1.29 is 10.0 Å². The van der Waals surface area contributed by atoms with Gasteiger partial charge in [-0.25, -0.2) is 0 Å². The maximum atomic E-state index is 10.9. The summed E-state index contributed by atoms with van der Waals surface area (Å²) in [5, 5.41) is 22.9. The Bertz CT molecular complexity index is 421. The number of benzene rings is 1. The van der Waals surface area contributed by atoms with Crippen molar-refractivity contribution in [2.24, 2.45) is 0 Å². The van der Waals surface area contributed by atoms with Crippen molar-refractivity contribution in [3.05, 3.63) is 32.8 Å². The fourth-order valence-electron chi connectivity index (χ4n) is 1.47. The van der Waals surface area contributed by atoms with Crippen LogP contribution in [0.1, 0.15) is 20.3 Å². The summed E-state index contributed by atoms with van der Waals surface area (Å²) < 4.78 is 0.662. The number of hydrogen-bond acceptors (Lipinski definition) is 4. The number of halogens is 1. The lowest BCUT2D eigenvalue weighted by atomic mass is 10.0. The first-order chi connectivity index (χ1) is 7.85. The van der Waals surface area contributed by atoms with Crippen molar-refractivity contribution in [1.29, 1.82) is 0 Å². The SMILES string of the molecule is CC(C)(CCO)Nc1ccc(Br)cc1[N+](=O)[O-]. The molecule has 6 heteroatoms. The zero-order valence-electron chi connectivity index (χ0n) is 9.74. The molecule has 0 spiro atoms. The minimum absolute atomic E-state index is 0.0189. The monoisotopic (exact) mass is 302 g/mol. The molecular formula is C11H15BrN2O3. The van der Waals surface area contributed by atoms with Crippen LogP contribution in [0.4, 0.5) is 11.4 Å². The number of hydrogen-bond donors (Lipinski definition) is 2. The first-order valence-corrected chi connectivity index (χ1v) is 5.98. The Kier molecular flexibility index (Phi) is 4.47. The van der Waals surface area contributed by atoms with Gasteiger partial charge in [-0.05, 0) is 32.4 Å². The van der Waals surface area contributed by atoms with Crippen LogP contribution in [0.3, 0.4) is 0 Å². The summed E-state index contributed by atoms with van der Waals surface area (Å²) in [6.07, 6.45) is 0.514. The molecule has 1 aromatic carbocycles. The largest absolute Gasteiger partial charge is 0.396 e. The summed E-state index contributed by atoms with van der Waals surface area (Å²) in [6.45, 7) is 3.80. The predicted molar refractivity (Wildman–Crippen MR) is 70.2 cm³/mol. The Labute approximate surface area is 108 Å². The molecule has 1 rings (SSSR count). The zero-order chi connectivity index (χ0) is 13.1.